The molecular weight excluding hydrogens is 402 g/mol. The number of aryl methyl sites for hydroxylation is 1. The summed E-state index contributed by atoms with van der Waals surface area (Å²) in [6.07, 6.45) is 0.951. The quantitative estimate of drug-likeness (QED) is 0.577. The maximum absolute atomic E-state index is 12.7. The minimum atomic E-state index is -0.347. The van der Waals surface area contributed by atoms with E-state index < -0.39 is 0 Å². The Morgan fingerprint density at radius 1 is 1.17 bits per heavy atom. The molecule has 2 heterocycles. The lowest BCUT2D eigenvalue weighted by Gasteiger charge is -2.23. The van der Waals surface area contributed by atoms with E-state index in [9.17, 15) is 4.79 Å². The van der Waals surface area contributed by atoms with Crippen molar-refractivity contribution < 1.29 is 14.3 Å². The largest absolute Gasteiger partial charge is 0.495 e. The number of fused-ring (bicyclic) bond motifs is 1. The number of thioether (sulfide) groups is 1. The number of anilines is 3. The number of esters is 1. The molecule has 154 valence electrons. The molecule has 8 nitrogen and oxygen atoms in total. The van der Waals surface area contributed by atoms with Crippen LogP contribution in [0.4, 0.5) is 17.6 Å². The first-order valence-corrected chi connectivity index (χ1v) is 10.5. The van der Waals surface area contributed by atoms with Crippen LogP contribution in [0.3, 0.4) is 0 Å². The second-order valence-corrected chi connectivity index (χ2v) is 7.78. The fraction of sp³-hybridized carbons (Fsp3) is 0.238. The third-order valence-electron chi connectivity index (χ3n) is 4.60. The van der Waals surface area contributed by atoms with Crippen LogP contribution in [-0.2, 0) is 22.6 Å². The van der Waals surface area contributed by atoms with Crippen LogP contribution in [0, 0.1) is 0 Å². The predicted octanol–water partition coefficient (Wildman–Crippen LogP) is 3.28. The second kappa shape index (κ2) is 9.00. The molecule has 1 aromatic heterocycles. The van der Waals surface area contributed by atoms with E-state index in [1.165, 1.54) is 5.56 Å². The van der Waals surface area contributed by atoms with Crippen LogP contribution in [0.25, 0.3) is 0 Å². The molecule has 3 aromatic rings. The molecule has 9 heteroatoms. The van der Waals surface area contributed by atoms with Gasteiger partial charge in [-0.3, -0.25) is 4.79 Å². The highest BCUT2D eigenvalue weighted by Crippen LogP contribution is 2.37. The van der Waals surface area contributed by atoms with Crippen molar-refractivity contribution >= 4 is 35.3 Å². The minimum absolute atomic E-state index is 0.0332. The zero-order valence-electron chi connectivity index (χ0n) is 16.4. The predicted molar refractivity (Wildman–Crippen MR) is 116 cm³/mol. The van der Waals surface area contributed by atoms with Gasteiger partial charge >= 0.3 is 5.97 Å². The number of nitrogens with zero attached hydrogens (tertiary/aromatic N) is 3. The van der Waals surface area contributed by atoms with Gasteiger partial charge in [0.1, 0.15) is 11.0 Å². The smallest absolute Gasteiger partial charge is 0.324 e. The van der Waals surface area contributed by atoms with Crippen LogP contribution in [-0.4, -0.2) is 33.8 Å². The number of carbonyl (C=O) groups excluding carboxylic acids is 1. The van der Waals surface area contributed by atoms with Gasteiger partial charge in [0.15, 0.2) is 12.4 Å². The Bertz CT molecular complexity index is 1060. The van der Waals surface area contributed by atoms with Gasteiger partial charge in [0.05, 0.1) is 12.8 Å². The van der Waals surface area contributed by atoms with Crippen molar-refractivity contribution in [2.24, 2.45) is 0 Å². The van der Waals surface area contributed by atoms with Crippen LogP contribution < -0.4 is 15.8 Å². The Labute approximate surface area is 178 Å². The average Bonchev–Trinajstić information content (AvgIpc) is 2.77. The Morgan fingerprint density at radius 2 is 1.97 bits per heavy atom. The van der Waals surface area contributed by atoms with Gasteiger partial charge in [0.25, 0.3) is 0 Å². The van der Waals surface area contributed by atoms with Gasteiger partial charge in [0, 0.05) is 0 Å². The van der Waals surface area contributed by atoms with Crippen LogP contribution in [0.15, 0.2) is 48.5 Å². The number of nitrogens with one attached hydrogen (secondary N) is 1. The number of carbonyl (C=O) groups is 1. The molecule has 0 aliphatic carbocycles. The molecule has 0 saturated carbocycles. The number of methoxy groups -OCH3 is 1. The summed E-state index contributed by atoms with van der Waals surface area (Å²) < 4.78 is 10.8. The molecule has 0 saturated heterocycles. The van der Waals surface area contributed by atoms with Crippen LogP contribution in [0.1, 0.15) is 22.2 Å². The summed E-state index contributed by atoms with van der Waals surface area (Å²) >= 11 is 1.58. The SMILES string of the molecule is COc1ccccc1Nc1nc(N)nc(COC(=O)C2SCCc3ccccc32)n1. The van der Waals surface area contributed by atoms with Crippen LogP contribution in [0.5, 0.6) is 5.75 Å². The van der Waals surface area contributed by atoms with Gasteiger partial charge in [-0.2, -0.15) is 15.0 Å². The Balaban J connectivity index is 1.46. The molecule has 1 aliphatic heterocycles. The number of benzene rings is 2. The number of rotatable bonds is 6. The molecule has 0 amide bonds. The van der Waals surface area contributed by atoms with Crippen molar-refractivity contribution in [2.45, 2.75) is 18.3 Å². The molecule has 0 bridgehead atoms. The van der Waals surface area contributed by atoms with Crippen molar-refractivity contribution in [3.63, 3.8) is 0 Å². The molecule has 1 unspecified atom stereocenters. The standard InChI is InChI=1S/C21H21N5O3S/c1-28-16-9-5-4-8-15(16)23-21-25-17(24-20(22)26-21)12-29-19(27)18-14-7-3-2-6-13(14)10-11-30-18/h2-9,18H,10-12H2,1H3,(H3,22,23,24,25,26). The summed E-state index contributed by atoms with van der Waals surface area (Å²) in [5, 5.41) is 2.71. The van der Waals surface area contributed by atoms with E-state index in [-0.39, 0.29) is 35.5 Å². The number of hydrogen-bond donors (Lipinski definition) is 2. The summed E-state index contributed by atoms with van der Waals surface area (Å²) in [6, 6.07) is 15.3. The number of hydrogen-bond acceptors (Lipinski definition) is 9. The number of nitrogens with two attached hydrogens (primary N) is 1. The van der Waals surface area contributed by atoms with Gasteiger partial charge in [-0.15, -0.1) is 11.8 Å². The normalized spacial score (nSPS) is 15.2. The highest BCUT2D eigenvalue weighted by molar-refractivity contribution is 8.00. The van der Waals surface area contributed by atoms with Crippen molar-refractivity contribution in [1.82, 2.24) is 15.0 Å². The fourth-order valence-electron chi connectivity index (χ4n) is 3.23. The summed E-state index contributed by atoms with van der Waals surface area (Å²) in [4.78, 5) is 25.2. The van der Waals surface area contributed by atoms with Gasteiger partial charge in [0.2, 0.25) is 11.9 Å². The number of ether oxygens (including phenoxy) is 2. The minimum Gasteiger partial charge on any atom is -0.495 e. The van der Waals surface area contributed by atoms with E-state index >= 15 is 0 Å². The lowest BCUT2D eigenvalue weighted by atomic mass is 10.0. The first-order valence-electron chi connectivity index (χ1n) is 9.40. The first-order chi connectivity index (χ1) is 14.6. The Morgan fingerprint density at radius 3 is 2.83 bits per heavy atom. The van der Waals surface area contributed by atoms with E-state index in [2.05, 4.69) is 26.3 Å². The molecule has 2 aromatic carbocycles. The van der Waals surface area contributed by atoms with Gasteiger partial charge in [-0.05, 0) is 35.4 Å². The summed E-state index contributed by atoms with van der Waals surface area (Å²) in [5.74, 6) is 1.74. The summed E-state index contributed by atoms with van der Waals surface area (Å²) in [6.45, 7) is -0.0919. The van der Waals surface area contributed by atoms with Crippen molar-refractivity contribution in [3.05, 3.63) is 65.5 Å². The maximum Gasteiger partial charge on any atom is 0.324 e. The fourth-order valence-corrected chi connectivity index (χ4v) is 4.41. The number of aromatic nitrogens is 3. The number of para-hydroxylation sites is 2. The molecule has 1 aliphatic rings. The molecule has 3 N–H and O–H groups in total. The molecular formula is C21H21N5O3S. The van der Waals surface area contributed by atoms with E-state index in [4.69, 9.17) is 15.2 Å². The highest BCUT2D eigenvalue weighted by Gasteiger charge is 2.28. The highest BCUT2D eigenvalue weighted by atomic mass is 32.2. The van der Waals surface area contributed by atoms with Crippen molar-refractivity contribution in [1.29, 1.82) is 0 Å². The van der Waals surface area contributed by atoms with Gasteiger partial charge in [-0.25, -0.2) is 0 Å². The zero-order chi connectivity index (χ0) is 20.9. The van der Waals surface area contributed by atoms with E-state index in [0.717, 1.165) is 17.7 Å². The zero-order valence-corrected chi connectivity index (χ0v) is 17.2. The molecule has 1 atom stereocenters. The topological polar surface area (TPSA) is 112 Å². The lowest BCUT2D eigenvalue weighted by Crippen LogP contribution is -2.19. The number of nitrogen functional groups attached to an aromatic ring is 1. The third kappa shape index (κ3) is 4.46. The second-order valence-electron chi connectivity index (χ2n) is 6.57. The van der Waals surface area contributed by atoms with Crippen LogP contribution >= 0.6 is 11.8 Å². The van der Waals surface area contributed by atoms with Crippen molar-refractivity contribution in [3.8, 4) is 5.75 Å². The summed E-state index contributed by atoms with van der Waals surface area (Å²) in [7, 11) is 1.58. The monoisotopic (exact) mass is 423 g/mol. The molecule has 0 spiro atoms. The van der Waals surface area contributed by atoms with E-state index in [0.29, 0.717) is 11.4 Å². The first kappa shape index (κ1) is 20.0. The van der Waals surface area contributed by atoms with E-state index in [1.54, 1.807) is 18.9 Å². The molecule has 30 heavy (non-hydrogen) atoms. The van der Waals surface area contributed by atoms with Crippen molar-refractivity contribution in [2.75, 3.05) is 23.9 Å². The Kier molecular flexibility index (Phi) is 5.99. The Hall–Kier alpha value is -3.33. The van der Waals surface area contributed by atoms with Crippen LogP contribution in [0.2, 0.25) is 0 Å². The molecule has 0 radical (unpaired) electrons. The van der Waals surface area contributed by atoms with Gasteiger partial charge < -0.3 is 20.5 Å². The average molecular weight is 423 g/mol. The molecule has 4 rings (SSSR count). The maximum atomic E-state index is 12.7. The van der Waals surface area contributed by atoms with Gasteiger partial charge in [-0.1, -0.05) is 36.4 Å². The summed E-state index contributed by atoms with van der Waals surface area (Å²) in [5.41, 5.74) is 8.69. The molecule has 0 fully saturated rings. The van der Waals surface area contributed by atoms with E-state index in [1.807, 2.05) is 42.5 Å². The third-order valence-corrected chi connectivity index (χ3v) is 5.82. The lowest BCUT2D eigenvalue weighted by molar-refractivity contribution is -0.144.